The molecule has 3 heteroatoms. The maximum Gasteiger partial charge on any atom is 0.226 e. The smallest absolute Gasteiger partial charge is 0.226 e. The van der Waals surface area contributed by atoms with E-state index in [1.165, 1.54) is 6.26 Å². The van der Waals surface area contributed by atoms with Crippen molar-refractivity contribution in [2.45, 2.75) is 0 Å². The van der Waals surface area contributed by atoms with E-state index in [0.717, 1.165) is 5.56 Å². The summed E-state index contributed by atoms with van der Waals surface area (Å²) in [6.07, 6.45) is 4.01. The van der Waals surface area contributed by atoms with Crippen LogP contribution in [0.3, 0.4) is 0 Å². The van der Waals surface area contributed by atoms with E-state index in [0.29, 0.717) is 10.9 Å². The molecule has 0 aliphatic rings. The van der Waals surface area contributed by atoms with E-state index in [2.05, 4.69) is 11.2 Å². The van der Waals surface area contributed by atoms with Crippen LogP contribution >= 0.6 is 11.6 Å². The Hall–Kier alpha value is -1.28. The molecule has 0 bridgehead atoms. The molecule has 59 valence electrons. The first-order valence-corrected chi connectivity index (χ1v) is 3.81. The van der Waals surface area contributed by atoms with Crippen LogP contribution in [0.1, 0.15) is 0 Å². The van der Waals surface area contributed by atoms with Crippen LogP contribution in [0.4, 0.5) is 0 Å². The molecule has 0 fully saturated rings. The van der Waals surface area contributed by atoms with Gasteiger partial charge >= 0.3 is 0 Å². The van der Waals surface area contributed by atoms with Crippen LogP contribution < -0.4 is 0 Å². The highest BCUT2D eigenvalue weighted by Gasteiger charge is 2.00. The van der Waals surface area contributed by atoms with E-state index in [1.54, 1.807) is 12.1 Å². The Morgan fingerprint density at radius 3 is 2.58 bits per heavy atom. The van der Waals surface area contributed by atoms with Crippen LogP contribution in [0.5, 0.6) is 0 Å². The summed E-state index contributed by atoms with van der Waals surface area (Å²) in [7, 11) is 0. The molecule has 0 unspecified atom stereocenters. The predicted molar refractivity (Wildman–Crippen MR) is 45.8 cm³/mol. The van der Waals surface area contributed by atoms with E-state index in [1.807, 2.05) is 12.1 Å². The number of benzene rings is 1. The maximum atomic E-state index is 5.71. The molecule has 0 amide bonds. The molecule has 2 rings (SSSR count). The van der Waals surface area contributed by atoms with E-state index < -0.39 is 0 Å². The summed E-state index contributed by atoms with van der Waals surface area (Å²) in [4.78, 5) is 3.88. The second kappa shape index (κ2) is 2.99. The lowest BCUT2D eigenvalue weighted by Gasteiger charge is -1.93. The predicted octanol–water partition coefficient (Wildman–Crippen LogP) is 2.80. The minimum absolute atomic E-state index is 0.562. The van der Waals surface area contributed by atoms with Crippen LogP contribution in [0.2, 0.25) is 5.02 Å². The van der Waals surface area contributed by atoms with Gasteiger partial charge in [0, 0.05) is 10.6 Å². The molecule has 1 radical (unpaired) electrons. The lowest BCUT2D eigenvalue weighted by Crippen LogP contribution is -1.74. The molecular formula is C9H5ClNO. The Labute approximate surface area is 74.8 Å². The van der Waals surface area contributed by atoms with Crippen molar-refractivity contribution in [1.82, 2.24) is 4.98 Å². The van der Waals surface area contributed by atoms with Gasteiger partial charge in [0.15, 0.2) is 0 Å². The molecule has 1 heterocycles. The molecule has 1 aromatic heterocycles. The standard InChI is InChI=1S/C9H5ClNO/c10-8-3-1-7(2-4-8)9-11-5-6-12-9/h1-4,6H. The van der Waals surface area contributed by atoms with Crippen molar-refractivity contribution in [3.8, 4) is 11.5 Å². The fourth-order valence-electron chi connectivity index (χ4n) is 0.919. The van der Waals surface area contributed by atoms with E-state index in [4.69, 9.17) is 16.0 Å². The number of halogens is 1. The quantitative estimate of drug-likeness (QED) is 0.671. The number of hydrogen-bond donors (Lipinski definition) is 0. The first-order valence-electron chi connectivity index (χ1n) is 3.44. The number of rotatable bonds is 1. The molecule has 2 aromatic rings. The van der Waals surface area contributed by atoms with Crippen LogP contribution in [0, 0.1) is 6.20 Å². The lowest BCUT2D eigenvalue weighted by atomic mass is 10.2. The average molecular weight is 179 g/mol. The van der Waals surface area contributed by atoms with E-state index in [-0.39, 0.29) is 0 Å². The Balaban J connectivity index is 2.43. The van der Waals surface area contributed by atoms with Gasteiger partial charge in [0.25, 0.3) is 0 Å². The van der Waals surface area contributed by atoms with Gasteiger partial charge in [0.05, 0.1) is 0 Å². The van der Waals surface area contributed by atoms with Gasteiger partial charge in [-0.05, 0) is 24.3 Å². The van der Waals surface area contributed by atoms with Gasteiger partial charge in [-0.2, -0.15) is 0 Å². The summed E-state index contributed by atoms with van der Waals surface area (Å²) in [6.45, 7) is 0. The normalized spacial score (nSPS) is 10.1. The van der Waals surface area contributed by atoms with Gasteiger partial charge in [0.2, 0.25) is 5.89 Å². The minimum atomic E-state index is 0.562. The third kappa shape index (κ3) is 1.34. The molecule has 1 aromatic carbocycles. The summed E-state index contributed by atoms with van der Waals surface area (Å²) in [5.41, 5.74) is 0.903. The Bertz CT molecular complexity index is 353. The monoisotopic (exact) mass is 178 g/mol. The number of hydrogen-bond acceptors (Lipinski definition) is 2. The summed E-state index contributed by atoms with van der Waals surface area (Å²) >= 11 is 5.71. The van der Waals surface area contributed by atoms with Crippen molar-refractivity contribution in [2.24, 2.45) is 0 Å². The van der Waals surface area contributed by atoms with Crippen LogP contribution in [0.15, 0.2) is 34.9 Å². The molecular weight excluding hydrogens is 174 g/mol. The van der Waals surface area contributed by atoms with Gasteiger partial charge in [-0.25, -0.2) is 4.98 Å². The zero-order chi connectivity index (χ0) is 8.39. The average Bonchev–Trinajstić information content (AvgIpc) is 2.58. The van der Waals surface area contributed by atoms with E-state index >= 15 is 0 Å². The van der Waals surface area contributed by atoms with Crippen molar-refractivity contribution >= 4 is 11.6 Å². The summed E-state index contributed by atoms with van der Waals surface area (Å²) < 4.78 is 5.05. The fraction of sp³-hybridized carbons (Fsp3) is 0. The minimum Gasteiger partial charge on any atom is -0.444 e. The molecule has 0 saturated carbocycles. The maximum absolute atomic E-state index is 5.71. The van der Waals surface area contributed by atoms with Gasteiger partial charge in [-0.15, -0.1) is 0 Å². The van der Waals surface area contributed by atoms with E-state index in [9.17, 15) is 0 Å². The Kier molecular flexibility index (Phi) is 1.84. The zero-order valence-electron chi connectivity index (χ0n) is 6.12. The summed E-state index contributed by atoms with van der Waals surface area (Å²) in [5, 5.41) is 0.703. The van der Waals surface area contributed by atoms with Crippen LogP contribution in [-0.4, -0.2) is 4.98 Å². The number of aromatic nitrogens is 1. The highest BCUT2D eigenvalue weighted by Crippen LogP contribution is 2.18. The molecule has 0 aliphatic carbocycles. The third-order valence-electron chi connectivity index (χ3n) is 1.48. The zero-order valence-corrected chi connectivity index (χ0v) is 6.88. The van der Waals surface area contributed by atoms with Crippen molar-refractivity contribution in [1.29, 1.82) is 0 Å². The largest absolute Gasteiger partial charge is 0.444 e. The van der Waals surface area contributed by atoms with Crippen LogP contribution in [-0.2, 0) is 0 Å². The van der Waals surface area contributed by atoms with Crippen LogP contribution in [0.25, 0.3) is 11.5 Å². The fourth-order valence-corrected chi connectivity index (χ4v) is 1.04. The van der Waals surface area contributed by atoms with Gasteiger partial charge in [-0.1, -0.05) is 11.6 Å². The first-order chi connectivity index (χ1) is 5.86. The highest BCUT2D eigenvalue weighted by atomic mass is 35.5. The van der Waals surface area contributed by atoms with Crippen molar-refractivity contribution < 1.29 is 4.42 Å². The SMILES string of the molecule is Clc1ccc(-c2n[c]co2)cc1. The lowest BCUT2D eigenvalue weighted by molar-refractivity contribution is 0.574. The summed E-state index contributed by atoms with van der Waals surface area (Å²) in [6, 6.07) is 7.28. The van der Waals surface area contributed by atoms with Gasteiger partial charge in [-0.3, -0.25) is 0 Å². The van der Waals surface area contributed by atoms with Crippen molar-refractivity contribution in [3.63, 3.8) is 0 Å². The molecule has 2 nitrogen and oxygen atoms in total. The van der Waals surface area contributed by atoms with Crippen molar-refractivity contribution in [2.75, 3.05) is 0 Å². The molecule has 0 aliphatic heterocycles. The topological polar surface area (TPSA) is 26.0 Å². The Morgan fingerprint density at radius 2 is 2.00 bits per heavy atom. The van der Waals surface area contributed by atoms with Gasteiger partial charge < -0.3 is 4.42 Å². The Morgan fingerprint density at radius 1 is 1.25 bits per heavy atom. The molecule has 0 saturated heterocycles. The second-order valence-electron chi connectivity index (χ2n) is 2.29. The molecule has 0 N–H and O–H groups in total. The molecule has 12 heavy (non-hydrogen) atoms. The highest BCUT2D eigenvalue weighted by molar-refractivity contribution is 6.30. The number of nitrogens with zero attached hydrogens (tertiary/aromatic N) is 1. The third-order valence-corrected chi connectivity index (χ3v) is 1.73. The molecule has 0 atom stereocenters. The second-order valence-corrected chi connectivity index (χ2v) is 2.73. The number of oxazole rings is 1. The molecule has 0 spiro atoms. The van der Waals surface area contributed by atoms with Crippen molar-refractivity contribution in [3.05, 3.63) is 41.7 Å². The van der Waals surface area contributed by atoms with Gasteiger partial charge in [0.1, 0.15) is 12.5 Å². The summed E-state index contributed by atoms with van der Waals surface area (Å²) in [5.74, 6) is 0.562. The first kappa shape index (κ1) is 7.37.